The van der Waals surface area contributed by atoms with Gasteiger partial charge in [-0.3, -0.25) is 0 Å². The van der Waals surface area contributed by atoms with Gasteiger partial charge in [-0.15, -0.1) is 0 Å². The van der Waals surface area contributed by atoms with Crippen molar-refractivity contribution in [2.45, 2.75) is 32.4 Å². The molecule has 0 saturated heterocycles. The molecule has 0 saturated carbocycles. The zero-order valence-corrected chi connectivity index (χ0v) is 15.5. The Labute approximate surface area is 155 Å². The minimum atomic E-state index is -0.555. The van der Waals surface area contributed by atoms with Gasteiger partial charge in [-0.2, -0.15) is 0 Å². The van der Waals surface area contributed by atoms with Gasteiger partial charge in [0.2, 0.25) is 0 Å². The molecule has 3 rings (SSSR count). The summed E-state index contributed by atoms with van der Waals surface area (Å²) in [5.41, 5.74) is 2.51. The molecule has 136 valence electrons. The smallest absolute Gasteiger partial charge is 0.120 e. The second-order valence-electron chi connectivity index (χ2n) is 6.75. The third-order valence-corrected chi connectivity index (χ3v) is 4.65. The van der Waals surface area contributed by atoms with Gasteiger partial charge in [-0.1, -0.05) is 67.1 Å². The summed E-state index contributed by atoms with van der Waals surface area (Å²) >= 11 is 0. The van der Waals surface area contributed by atoms with Gasteiger partial charge >= 0.3 is 0 Å². The van der Waals surface area contributed by atoms with Crippen molar-refractivity contribution in [2.24, 2.45) is 0 Å². The van der Waals surface area contributed by atoms with Crippen molar-refractivity contribution < 1.29 is 9.84 Å². The van der Waals surface area contributed by atoms with Crippen LogP contribution in [0.1, 0.15) is 30.5 Å². The molecule has 0 spiro atoms. The van der Waals surface area contributed by atoms with E-state index in [4.69, 9.17) is 4.74 Å². The largest absolute Gasteiger partial charge is 0.491 e. The van der Waals surface area contributed by atoms with Crippen LogP contribution in [0.3, 0.4) is 0 Å². The molecule has 2 unspecified atom stereocenters. The maximum atomic E-state index is 10.3. The first kappa shape index (κ1) is 18.4. The zero-order chi connectivity index (χ0) is 18.4. The van der Waals surface area contributed by atoms with Crippen LogP contribution < -0.4 is 10.1 Å². The van der Waals surface area contributed by atoms with E-state index in [1.54, 1.807) is 0 Å². The number of ether oxygens (including phenoxy) is 1. The standard InChI is InChI=1S/C23H27NO2/c1-3-23(19-10-8-17(2)9-11-19)24-15-21(25)16-26-22-13-12-18-6-4-5-7-20(18)14-22/h4-14,21,23-25H,3,15-16H2,1-2H3. The number of rotatable bonds is 8. The first-order valence-electron chi connectivity index (χ1n) is 9.25. The van der Waals surface area contributed by atoms with Gasteiger partial charge < -0.3 is 15.2 Å². The highest BCUT2D eigenvalue weighted by Crippen LogP contribution is 2.21. The Kier molecular flexibility index (Phi) is 6.26. The molecule has 3 aromatic carbocycles. The van der Waals surface area contributed by atoms with E-state index in [2.05, 4.69) is 55.6 Å². The van der Waals surface area contributed by atoms with Crippen LogP contribution in [0, 0.1) is 6.92 Å². The Morgan fingerprint density at radius 3 is 2.42 bits per heavy atom. The third-order valence-electron chi connectivity index (χ3n) is 4.65. The van der Waals surface area contributed by atoms with Gasteiger partial charge in [0.25, 0.3) is 0 Å². The second-order valence-corrected chi connectivity index (χ2v) is 6.75. The van der Waals surface area contributed by atoms with Gasteiger partial charge in [0.05, 0.1) is 0 Å². The lowest BCUT2D eigenvalue weighted by Crippen LogP contribution is -2.33. The fourth-order valence-electron chi connectivity index (χ4n) is 3.08. The maximum Gasteiger partial charge on any atom is 0.120 e. The highest BCUT2D eigenvalue weighted by atomic mass is 16.5. The van der Waals surface area contributed by atoms with E-state index in [0.29, 0.717) is 6.54 Å². The van der Waals surface area contributed by atoms with Crippen LogP contribution in [0.25, 0.3) is 10.8 Å². The number of aliphatic hydroxyl groups is 1. The summed E-state index contributed by atoms with van der Waals surface area (Å²) in [6.07, 6.45) is 0.419. The van der Waals surface area contributed by atoms with Crippen LogP contribution in [0.5, 0.6) is 5.75 Å². The Bertz CT molecular complexity index is 829. The van der Waals surface area contributed by atoms with Gasteiger partial charge in [0.15, 0.2) is 0 Å². The molecule has 0 fully saturated rings. The van der Waals surface area contributed by atoms with Crippen molar-refractivity contribution in [1.29, 1.82) is 0 Å². The summed E-state index contributed by atoms with van der Waals surface area (Å²) in [4.78, 5) is 0. The number of aliphatic hydroxyl groups excluding tert-OH is 1. The van der Waals surface area contributed by atoms with Crippen molar-refractivity contribution in [1.82, 2.24) is 5.32 Å². The van der Waals surface area contributed by atoms with Crippen LogP contribution >= 0.6 is 0 Å². The van der Waals surface area contributed by atoms with Crippen LogP contribution in [0.2, 0.25) is 0 Å². The third kappa shape index (κ3) is 4.84. The lowest BCUT2D eigenvalue weighted by molar-refractivity contribution is 0.103. The summed E-state index contributed by atoms with van der Waals surface area (Å²) in [6.45, 7) is 5.01. The molecule has 0 aliphatic carbocycles. The molecular weight excluding hydrogens is 322 g/mol. The van der Waals surface area contributed by atoms with Crippen LogP contribution in [0.4, 0.5) is 0 Å². The quantitative estimate of drug-likeness (QED) is 0.623. The van der Waals surface area contributed by atoms with Gasteiger partial charge in [-0.25, -0.2) is 0 Å². The molecule has 0 amide bonds. The Morgan fingerprint density at radius 1 is 0.962 bits per heavy atom. The van der Waals surface area contributed by atoms with Crippen LogP contribution in [0.15, 0.2) is 66.7 Å². The summed E-state index contributed by atoms with van der Waals surface area (Å²) in [5, 5.41) is 16.0. The average Bonchev–Trinajstić information content (AvgIpc) is 2.68. The molecule has 0 heterocycles. The van der Waals surface area contributed by atoms with Gasteiger partial charge in [0.1, 0.15) is 18.5 Å². The van der Waals surface area contributed by atoms with E-state index >= 15 is 0 Å². The maximum absolute atomic E-state index is 10.3. The van der Waals surface area contributed by atoms with Crippen molar-refractivity contribution in [3.63, 3.8) is 0 Å². The monoisotopic (exact) mass is 349 g/mol. The highest BCUT2D eigenvalue weighted by Gasteiger charge is 2.12. The van der Waals surface area contributed by atoms with Crippen molar-refractivity contribution in [3.05, 3.63) is 77.9 Å². The van der Waals surface area contributed by atoms with Gasteiger partial charge in [-0.05, 0) is 41.8 Å². The molecule has 0 aromatic heterocycles. The summed E-state index contributed by atoms with van der Waals surface area (Å²) < 4.78 is 5.77. The number of hydrogen-bond donors (Lipinski definition) is 2. The lowest BCUT2D eigenvalue weighted by Gasteiger charge is -2.20. The topological polar surface area (TPSA) is 41.5 Å². The van der Waals surface area contributed by atoms with Crippen molar-refractivity contribution >= 4 is 10.8 Å². The summed E-state index contributed by atoms with van der Waals surface area (Å²) in [6, 6.07) is 23.0. The minimum absolute atomic E-state index is 0.242. The predicted octanol–water partition coefficient (Wildman–Crippen LogP) is 4.63. The van der Waals surface area contributed by atoms with Crippen LogP contribution in [-0.4, -0.2) is 24.4 Å². The van der Waals surface area contributed by atoms with E-state index < -0.39 is 6.10 Å². The minimum Gasteiger partial charge on any atom is -0.491 e. The second kappa shape index (κ2) is 8.84. The molecule has 2 N–H and O–H groups in total. The van der Waals surface area contributed by atoms with Crippen LogP contribution in [-0.2, 0) is 0 Å². The molecule has 26 heavy (non-hydrogen) atoms. The number of hydrogen-bond acceptors (Lipinski definition) is 3. The van der Waals surface area contributed by atoms with E-state index in [0.717, 1.165) is 17.6 Å². The number of benzene rings is 3. The summed E-state index contributed by atoms with van der Waals surface area (Å²) in [5.74, 6) is 0.785. The normalized spacial score (nSPS) is 13.5. The first-order chi connectivity index (χ1) is 12.7. The van der Waals surface area contributed by atoms with E-state index in [1.165, 1.54) is 16.5 Å². The fraction of sp³-hybridized carbons (Fsp3) is 0.304. The number of aryl methyl sites for hydroxylation is 1. The summed E-state index contributed by atoms with van der Waals surface area (Å²) in [7, 11) is 0. The van der Waals surface area contributed by atoms with E-state index in [1.807, 2.05) is 30.3 Å². The molecule has 3 heteroatoms. The zero-order valence-electron chi connectivity index (χ0n) is 15.5. The lowest BCUT2D eigenvalue weighted by atomic mass is 10.0. The molecule has 3 aromatic rings. The highest BCUT2D eigenvalue weighted by molar-refractivity contribution is 5.83. The number of fused-ring (bicyclic) bond motifs is 1. The van der Waals surface area contributed by atoms with E-state index in [-0.39, 0.29) is 12.6 Å². The Hall–Kier alpha value is -2.36. The Balaban J connectivity index is 1.51. The van der Waals surface area contributed by atoms with Crippen molar-refractivity contribution in [2.75, 3.05) is 13.2 Å². The average molecular weight is 349 g/mol. The molecule has 0 aliphatic rings. The van der Waals surface area contributed by atoms with E-state index in [9.17, 15) is 5.11 Å². The van der Waals surface area contributed by atoms with Gasteiger partial charge in [0, 0.05) is 12.6 Å². The molecule has 0 bridgehead atoms. The number of nitrogens with one attached hydrogen (secondary N) is 1. The molecular formula is C23H27NO2. The molecule has 3 nitrogen and oxygen atoms in total. The SMILES string of the molecule is CCC(NCC(O)COc1ccc2ccccc2c1)c1ccc(C)cc1. The fourth-order valence-corrected chi connectivity index (χ4v) is 3.08. The predicted molar refractivity (Wildman–Crippen MR) is 108 cm³/mol. The van der Waals surface area contributed by atoms with Crippen molar-refractivity contribution in [3.8, 4) is 5.75 Å². The Morgan fingerprint density at radius 2 is 1.69 bits per heavy atom. The molecule has 0 radical (unpaired) electrons. The first-order valence-corrected chi connectivity index (χ1v) is 9.25. The molecule has 0 aliphatic heterocycles. The molecule has 2 atom stereocenters.